The Morgan fingerprint density at radius 2 is 2.10 bits per heavy atom. The van der Waals surface area contributed by atoms with Crippen molar-refractivity contribution < 1.29 is 4.74 Å². The van der Waals surface area contributed by atoms with Gasteiger partial charge in [0.15, 0.2) is 5.96 Å². The third-order valence-corrected chi connectivity index (χ3v) is 4.97. The lowest BCUT2D eigenvalue weighted by Gasteiger charge is -2.61. The summed E-state index contributed by atoms with van der Waals surface area (Å²) in [5, 5.41) is 7.05. The van der Waals surface area contributed by atoms with Gasteiger partial charge < -0.3 is 15.4 Å². The number of hydrogen-bond donors (Lipinski definition) is 2. The average molecular weight is 395 g/mol. The minimum Gasteiger partial charge on any atom is -0.378 e. The van der Waals surface area contributed by atoms with E-state index in [1.807, 2.05) is 7.05 Å². The minimum atomic E-state index is 0. The standard InChI is InChI=1S/C15H29N3O.HI/c1-5-11(3)17-14(16-4)18-12-10-13(19-6-2)15(12)8-7-9-15;/h11-13H,5-10H2,1-4H3,(H2,16,17,18);1H. The third-order valence-electron chi connectivity index (χ3n) is 4.97. The molecule has 0 amide bonds. The molecule has 2 fully saturated rings. The highest BCUT2D eigenvalue weighted by atomic mass is 127. The fraction of sp³-hybridized carbons (Fsp3) is 0.933. The van der Waals surface area contributed by atoms with E-state index in [4.69, 9.17) is 4.74 Å². The minimum absolute atomic E-state index is 0. The molecule has 0 radical (unpaired) electrons. The van der Waals surface area contributed by atoms with E-state index in [2.05, 4.69) is 36.4 Å². The second kappa shape index (κ2) is 7.82. The summed E-state index contributed by atoms with van der Waals surface area (Å²) in [6.07, 6.45) is 6.64. The zero-order valence-electron chi connectivity index (χ0n) is 13.2. The van der Waals surface area contributed by atoms with Gasteiger partial charge in [-0.05, 0) is 39.5 Å². The van der Waals surface area contributed by atoms with E-state index >= 15 is 0 Å². The van der Waals surface area contributed by atoms with Crippen molar-refractivity contribution in [1.82, 2.24) is 10.6 Å². The molecule has 118 valence electrons. The summed E-state index contributed by atoms with van der Waals surface area (Å²) in [6.45, 7) is 7.30. The maximum atomic E-state index is 5.88. The summed E-state index contributed by atoms with van der Waals surface area (Å²) >= 11 is 0. The summed E-state index contributed by atoms with van der Waals surface area (Å²) in [5.41, 5.74) is 0.392. The molecule has 2 aliphatic rings. The molecular weight excluding hydrogens is 365 g/mol. The van der Waals surface area contributed by atoms with Crippen LogP contribution in [-0.2, 0) is 4.74 Å². The number of nitrogens with one attached hydrogen (secondary N) is 2. The molecule has 3 unspecified atom stereocenters. The summed E-state index contributed by atoms with van der Waals surface area (Å²) in [5.74, 6) is 0.945. The van der Waals surface area contributed by atoms with E-state index in [9.17, 15) is 0 Å². The fourth-order valence-electron chi connectivity index (χ4n) is 3.31. The largest absolute Gasteiger partial charge is 0.378 e. The molecule has 0 aliphatic heterocycles. The van der Waals surface area contributed by atoms with Gasteiger partial charge in [-0.2, -0.15) is 0 Å². The van der Waals surface area contributed by atoms with E-state index in [0.29, 0.717) is 23.6 Å². The molecule has 0 heterocycles. The molecule has 0 aromatic carbocycles. The van der Waals surface area contributed by atoms with Crippen molar-refractivity contribution in [3.8, 4) is 0 Å². The van der Waals surface area contributed by atoms with Crippen molar-refractivity contribution in [3.05, 3.63) is 0 Å². The second-order valence-electron chi connectivity index (χ2n) is 5.99. The van der Waals surface area contributed by atoms with Crippen molar-refractivity contribution >= 4 is 29.9 Å². The smallest absolute Gasteiger partial charge is 0.191 e. The van der Waals surface area contributed by atoms with Crippen LogP contribution in [0.25, 0.3) is 0 Å². The van der Waals surface area contributed by atoms with Gasteiger partial charge in [0.25, 0.3) is 0 Å². The molecule has 0 bridgehead atoms. The molecule has 2 N–H and O–H groups in total. The van der Waals surface area contributed by atoms with Gasteiger partial charge in [-0.15, -0.1) is 24.0 Å². The Morgan fingerprint density at radius 3 is 2.55 bits per heavy atom. The Morgan fingerprint density at radius 1 is 1.40 bits per heavy atom. The van der Waals surface area contributed by atoms with Crippen LogP contribution in [0.2, 0.25) is 0 Å². The molecule has 1 spiro atoms. The molecule has 0 aromatic heterocycles. The molecule has 0 aromatic rings. The number of guanidine groups is 1. The Bertz CT molecular complexity index is 331. The van der Waals surface area contributed by atoms with E-state index in [1.54, 1.807) is 0 Å². The molecule has 3 atom stereocenters. The van der Waals surface area contributed by atoms with Crippen LogP contribution in [0.3, 0.4) is 0 Å². The van der Waals surface area contributed by atoms with Crippen LogP contribution in [0.15, 0.2) is 4.99 Å². The summed E-state index contributed by atoms with van der Waals surface area (Å²) < 4.78 is 5.88. The molecule has 4 nitrogen and oxygen atoms in total. The van der Waals surface area contributed by atoms with E-state index < -0.39 is 0 Å². The predicted molar refractivity (Wildman–Crippen MR) is 94.9 cm³/mol. The number of aliphatic imine (C=N–C) groups is 1. The zero-order valence-corrected chi connectivity index (χ0v) is 15.6. The Balaban J connectivity index is 0.00000200. The van der Waals surface area contributed by atoms with Crippen LogP contribution in [-0.4, -0.2) is 37.8 Å². The maximum Gasteiger partial charge on any atom is 0.191 e. The van der Waals surface area contributed by atoms with Crippen molar-refractivity contribution in [3.63, 3.8) is 0 Å². The van der Waals surface area contributed by atoms with Crippen LogP contribution < -0.4 is 10.6 Å². The number of ether oxygens (including phenoxy) is 1. The van der Waals surface area contributed by atoms with E-state index in [-0.39, 0.29) is 24.0 Å². The lowest BCUT2D eigenvalue weighted by atomic mass is 9.51. The first-order valence-corrected chi connectivity index (χ1v) is 7.77. The van der Waals surface area contributed by atoms with Crippen molar-refractivity contribution in [2.24, 2.45) is 10.4 Å². The SMILES string of the molecule is CCOC1CC(NC(=NC)NC(C)CC)C12CCC2.I. The zero-order chi connectivity index (χ0) is 13.9. The number of nitrogens with zero attached hydrogens (tertiary/aromatic N) is 1. The topological polar surface area (TPSA) is 45.6 Å². The van der Waals surface area contributed by atoms with Gasteiger partial charge in [-0.1, -0.05) is 13.3 Å². The number of rotatable bonds is 5. The first-order chi connectivity index (χ1) is 9.16. The summed E-state index contributed by atoms with van der Waals surface area (Å²) in [6, 6.07) is 0.999. The highest BCUT2D eigenvalue weighted by Crippen LogP contribution is 2.57. The molecular formula is C15H30IN3O. The second-order valence-corrected chi connectivity index (χ2v) is 5.99. The Kier molecular flexibility index (Phi) is 7.04. The first-order valence-electron chi connectivity index (χ1n) is 7.77. The fourth-order valence-corrected chi connectivity index (χ4v) is 3.31. The normalized spacial score (nSPS) is 28.9. The lowest BCUT2D eigenvalue weighted by molar-refractivity contribution is -0.168. The molecule has 2 aliphatic carbocycles. The van der Waals surface area contributed by atoms with Crippen molar-refractivity contribution in [2.75, 3.05) is 13.7 Å². The van der Waals surface area contributed by atoms with E-state index in [0.717, 1.165) is 25.4 Å². The van der Waals surface area contributed by atoms with Crippen LogP contribution >= 0.6 is 24.0 Å². The molecule has 2 saturated carbocycles. The predicted octanol–water partition coefficient (Wildman–Crippen LogP) is 2.92. The van der Waals surface area contributed by atoms with Crippen LogP contribution in [0.1, 0.15) is 52.9 Å². The van der Waals surface area contributed by atoms with Gasteiger partial charge >= 0.3 is 0 Å². The van der Waals surface area contributed by atoms with Crippen LogP contribution in [0, 0.1) is 5.41 Å². The Hall–Kier alpha value is -0.0400. The monoisotopic (exact) mass is 395 g/mol. The summed E-state index contributed by atoms with van der Waals surface area (Å²) in [7, 11) is 1.85. The lowest BCUT2D eigenvalue weighted by Crippen LogP contribution is -2.68. The Labute approximate surface area is 140 Å². The first kappa shape index (κ1) is 18.0. The van der Waals surface area contributed by atoms with Gasteiger partial charge in [0, 0.05) is 31.2 Å². The number of halogens is 1. The van der Waals surface area contributed by atoms with E-state index in [1.165, 1.54) is 19.3 Å². The van der Waals surface area contributed by atoms with Crippen molar-refractivity contribution in [2.45, 2.75) is 71.1 Å². The van der Waals surface area contributed by atoms with Gasteiger partial charge in [0.1, 0.15) is 0 Å². The quantitative estimate of drug-likeness (QED) is 0.428. The van der Waals surface area contributed by atoms with Crippen LogP contribution in [0.5, 0.6) is 0 Å². The van der Waals surface area contributed by atoms with Gasteiger partial charge in [0.2, 0.25) is 0 Å². The molecule has 5 heteroatoms. The third kappa shape index (κ3) is 3.40. The van der Waals surface area contributed by atoms with Crippen molar-refractivity contribution in [1.29, 1.82) is 0 Å². The average Bonchev–Trinajstić information content (AvgIpc) is 2.33. The van der Waals surface area contributed by atoms with Crippen LogP contribution in [0.4, 0.5) is 0 Å². The van der Waals surface area contributed by atoms with Gasteiger partial charge in [0.05, 0.1) is 6.10 Å². The molecule has 2 rings (SSSR count). The summed E-state index contributed by atoms with van der Waals surface area (Å²) in [4.78, 5) is 4.35. The highest BCUT2D eigenvalue weighted by Gasteiger charge is 2.59. The molecule has 20 heavy (non-hydrogen) atoms. The molecule has 0 saturated heterocycles. The number of hydrogen-bond acceptors (Lipinski definition) is 2. The highest BCUT2D eigenvalue weighted by molar-refractivity contribution is 14.0. The van der Waals surface area contributed by atoms with Gasteiger partial charge in [-0.25, -0.2) is 0 Å². The van der Waals surface area contributed by atoms with Gasteiger partial charge in [-0.3, -0.25) is 4.99 Å². The maximum absolute atomic E-state index is 5.88.